The zero-order chi connectivity index (χ0) is 19.9. The molecule has 3 rings (SSSR count). The monoisotopic (exact) mass is 379 g/mol. The molecule has 1 aliphatic heterocycles. The van der Waals surface area contributed by atoms with E-state index in [1.165, 1.54) is 5.56 Å². The Labute approximate surface area is 167 Å². The Bertz CT molecular complexity index is 830. The van der Waals surface area contributed by atoms with Gasteiger partial charge in [-0.2, -0.15) is 0 Å². The fourth-order valence-electron chi connectivity index (χ4n) is 3.59. The number of nitrogens with zero attached hydrogens (tertiary/aromatic N) is 2. The van der Waals surface area contributed by atoms with Crippen molar-refractivity contribution in [2.24, 2.45) is 0 Å². The molecule has 1 aliphatic rings. The van der Waals surface area contributed by atoms with Gasteiger partial charge in [0.2, 0.25) is 5.91 Å². The highest BCUT2D eigenvalue weighted by molar-refractivity contribution is 5.99. The summed E-state index contributed by atoms with van der Waals surface area (Å²) in [5, 5.41) is 3.03. The Balaban J connectivity index is 1.67. The van der Waals surface area contributed by atoms with Crippen LogP contribution in [0.15, 0.2) is 48.5 Å². The highest BCUT2D eigenvalue weighted by Gasteiger charge is 2.22. The average molecular weight is 380 g/mol. The molecule has 0 radical (unpaired) electrons. The van der Waals surface area contributed by atoms with Gasteiger partial charge >= 0.3 is 0 Å². The van der Waals surface area contributed by atoms with Crippen molar-refractivity contribution in [3.05, 3.63) is 65.2 Å². The molecule has 0 saturated carbocycles. The van der Waals surface area contributed by atoms with Crippen LogP contribution in [0.3, 0.4) is 0 Å². The van der Waals surface area contributed by atoms with Gasteiger partial charge in [-0.25, -0.2) is 0 Å². The Morgan fingerprint density at radius 1 is 1.07 bits per heavy atom. The minimum atomic E-state index is -0.119. The van der Waals surface area contributed by atoms with E-state index in [0.717, 1.165) is 43.9 Å². The molecule has 5 nitrogen and oxygen atoms in total. The lowest BCUT2D eigenvalue weighted by Gasteiger charge is -2.20. The van der Waals surface area contributed by atoms with Gasteiger partial charge in [-0.15, -0.1) is 0 Å². The Morgan fingerprint density at radius 3 is 2.50 bits per heavy atom. The van der Waals surface area contributed by atoms with Crippen molar-refractivity contribution < 1.29 is 9.59 Å². The molecule has 2 aromatic carbocycles. The molecular formula is C23H29N3O2. The van der Waals surface area contributed by atoms with Crippen molar-refractivity contribution in [2.75, 3.05) is 24.5 Å². The maximum Gasteiger partial charge on any atom is 0.251 e. The SMILES string of the molecule is CCN(CC)Cc1ccccc1CNC(=O)c1cccc(N2CCCC2=O)c1. The van der Waals surface area contributed by atoms with E-state index in [4.69, 9.17) is 0 Å². The zero-order valence-electron chi connectivity index (χ0n) is 16.8. The molecule has 0 bridgehead atoms. The molecule has 1 fully saturated rings. The number of hydrogen-bond donors (Lipinski definition) is 1. The summed E-state index contributed by atoms with van der Waals surface area (Å²) in [4.78, 5) is 28.8. The average Bonchev–Trinajstić information content (AvgIpc) is 3.17. The predicted octanol–water partition coefficient (Wildman–Crippen LogP) is 3.59. The molecule has 0 aromatic heterocycles. The summed E-state index contributed by atoms with van der Waals surface area (Å²) in [5.41, 5.74) is 3.76. The van der Waals surface area contributed by atoms with Crippen molar-refractivity contribution in [2.45, 2.75) is 39.8 Å². The van der Waals surface area contributed by atoms with Crippen molar-refractivity contribution >= 4 is 17.5 Å². The second-order valence-corrected chi connectivity index (χ2v) is 7.11. The van der Waals surface area contributed by atoms with E-state index in [0.29, 0.717) is 18.5 Å². The summed E-state index contributed by atoms with van der Waals surface area (Å²) in [6.07, 6.45) is 1.46. The molecule has 0 spiro atoms. The van der Waals surface area contributed by atoms with Gasteiger partial charge in [-0.1, -0.05) is 44.2 Å². The van der Waals surface area contributed by atoms with Crippen LogP contribution in [0.5, 0.6) is 0 Å². The van der Waals surface area contributed by atoms with Gasteiger partial charge in [0.1, 0.15) is 0 Å². The molecule has 1 saturated heterocycles. The third-order valence-electron chi connectivity index (χ3n) is 5.34. The number of carbonyl (C=O) groups is 2. The molecule has 0 unspecified atom stereocenters. The normalized spacial score (nSPS) is 14.0. The smallest absolute Gasteiger partial charge is 0.251 e. The minimum Gasteiger partial charge on any atom is -0.348 e. The van der Waals surface area contributed by atoms with Crippen LogP contribution < -0.4 is 10.2 Å². The summed E-state index contributed by atoms with van der Waals surface area (Å²) in [6, 6.07) is 15.6. The van der Waals surface area contributed by atoms with Crippen LogP contribution in [0, 0.1) is 0 Å². The van der Waals surface area contributed by atoms with Gasteiger partial charge in [-0.05, 0) is 48.8 Å². The highest BCUT2D eigenvalue weighted by atomic mass is 16.2. The first-order valence-electron chi connectivity index (χ1n) is 10.1. The number of rotatable bonds is 8. The predicted molar refractivity (Wildman–Crippen MR) is 112 cm³/mol. The van der Waals surface area contributed by atoms with Gasteiger partial charge in [0.15, 0.2) is 0 Å². The third kappa shape index (κ3) is 4.78. The number of nitrogens with one attached hydrogen (secondary N) is 1. The van der Waals surface area contributed by atoms with Crippen LogP contribution in [0.4, 0.5) is 5.69 Å². The summed E-state index contributed by atoms with van der Waals surface area (Å²) in [7, 11) is 0. The number of amides is 2. The number of carbonyl (C=O) groups excluding carboxylic acids is 2. The van der Waals surface area contributed by atoms with Crippen molar-refractivity contribution in [3.63, 3.8) is 0 Å². The van der Waals surface area contributed by atoms with E-state index in [1.54, 1.807) is 17.0 Å². The lowest BCUT2D eigenvalue weighted by Crippen LogP contribution is -2.27. The summed E-state index contributed by atoms with van der Waals surface area (Å²) in [6.45, 7) is 8.41. The van der Waals surface area contributed by atoms with E-state index in [2.05, 4.69) is 36.2 Å². The molecule has 2 amide bonds. The molecule has 2 aromatic rings. The van der Waals surface area contributed by atoms with Crippen molar-refractivity contribution in [3.8, 4) is 0 Å². The second-order valence-electron chi connectivity index (χ2n) is 7.11. The van der Waals surface area contributed by atoms with Crippen molar-refractivity contribution in [1.29, 1.82) is 0 Å². The van der Waals surface area contributed by atoms with Crippen LogP contribution in [0.25, 0.3) is 0 Å². The number of benzene rings is 2. The first-order valence-corrected chi connectivity index (χ1v) is 10.1. The Hall–Kier alpha value is -2.66. The van der Waals surface area contributed by atoms with Crippen LogP contribution in [0.1, 0.15) is 48.2 Å². The molecule has 1 N–H and O–H groups in total. The molecule has 5 heteroatoms. The van der Waals surface area contributed by atoms with E-state index >= 15 is 0 Å². The van der Waals surface area contributed by atoms with Crippen LogP contribution in [-0.2, 0) is 17.9 Å². The summed E-state index contributed by atoms with van der Waals surface area (Å²) >= 11 is 0. The van der Waals surface area contributed by atoms with Gasteiger partial charge < -0.3 is 10.2 Å². The quantitative estimate of drug-likeness (QED) is 0.763. The summed E-state index contributed by atoms with van der Waals surface area (Å²) in [5.74, 6) is 0.00836. The maximum atomic E-state index is 12.7. The van der Waals surface area contributed by atoms with Crippen molar-refractivity contribution in [1.82, 2.24) is 10.2 Å². The van der Waals surface area contributed by atoms with Gasteiger partial charge in [0.25, 0.3) is 5.91 Å². The van der Waals surface area contributed by atoms with Crippen LogP contribution in [0.2, 0.25) is 0 Å². The molecule has 0 aliphatic carbocycles. The van der Waals surface area contributed by atoms with E-state index in [9.17, 15) is 9.59 Å². The summed E-state index contributed by atoms with van der Waals surface area (Å²) < 4.78 is 0. The molecule has 1 heterocycles. The van der Waals surface area contributed by atoms with E-state index in [-0.39, 0.29) is 11.8 Å². The minimum absolute atomic E-state index is 0.119. The largest absolute Gasteiger partial charge is 0.348 e. The molecule has 0 atom stereocenters. The fourth-order valence-corrected chi connectivity index (χ4v) is 3.59. The number of hydrogen-bond acceptors (Lipinski definition) is 3. The fraction of sp³-hybridized carbons (Fsp3) is 0.391. The maximum absolute atomic E-state index is 12.7. The standard InChI is InChI=1S/C23H29N3O2/c1-3-25(4-2)17-20-10-6-5-9-19(20)16-24-23(28)18-11-7-12-21(15-18)26-14-8-13-22(26)27/h5-7,9-12,15H,3-4,8,13-14,16-17H2,1-2H3,(H,24,28). The molecule has 28 heavy (non-hydrogen) atoms. The first-order chi connectivity index (χ1) is 13.6. The lowest BCUT2D eigenvalue weighted by molar-refractivity contribution is -0.117. The highest BCUT2D eigenvalue weighted by Crippen LogP contribution is 2.22. The van der Waals surface area contributed by atoms with Gasteiger partial charge in [0.05, 0.1) is 0 Å². The van der Waals surface area contributed by atoms with Crippen LogP contribution in [-0.4, -0.2) is 36.3 Å². The van der Waals surface area contributed by atoms with Gasteiger partial charge in [-0.3, -0.25) is 14.5 Å². The first kappa shape index (κ1) is 20.1. The lowest BCUT2D eigenvalue weighted by atomic mass is 10.1. The Kier molecular flexibility index (Phi) is 6.82. The van der Waals surface area contributed by atoms with E-state index < -0.39 is 0 Å². The van der Waals surface area contributed by atoms with Gasteiger partial charge in [0, 0.05) is 37.3 Å². The molecular weight excluding hydrogens is 350 g/mol. The van der Waals surface area contributed by atoms with E-state index in [1.807, 2.05) is 24.3 Å². The zero-order valence-corrected chi connectivity index (χ0v) is 16.8. The Morgan fingerprint density at radius 2 is 1.82 bits per heavy atom. The topological polar surface area (TPSA) is 52.7 Å². The van der Waals surface area contributed by atoms with Crippen LogP contribution >= 0.6 is 0 Å². The number of anilines is 1. The third-order valence-corrected chi connectivity index (χ3v) is 5.34. The molecule has 148 valence electrons. The second kappa shape index (κ2) is 9.51.